The number of ether oxygens (including phenoxy) is 2. The highest BCUT2D eigenvalue weighted by molar-refractivity contribution is 5.97. The van der Waals surface area contributed by atoms with E-state index in [1.165, 1.54) is 10.6 Å². The molecule has 1 amide bonds. The van der Waals surface area contributed by atoms with Crippen LogP contribution in [-0.4, -0.2) is 21.8 Å². The standard InChI is InChI=1S/C31H22N4O5/c32-16-22-6-4-5-7-23(22)18-34-26-15-21(29(36)33-17-20-10-13-27-28(14-20)40-19-39-27)11-12-25(26)30(37)35(31(34)38)24-8-2-1-3-9-24/h1-15H,17-19H2,(H,33,36). The van der Waals surface area contributed by atoms with Crippen LogP contribution in [0.3, 0.4) is 0 Å². The summed E-state index contributed by atoms with van der Waals surface area (Å²) in [4.78, 5) is 40.5. The molecule has 1 aliphatic heterocycles. The molecule has 6 rings (SSSR count). The first kappa shape index (κ1) is 24.7. The predicted molar refractivity (Wildman–Crippen MR) is 148 cm³/mol. The maximum atomic E-state index is 13.8. The fraction of sp³-hybridized carbons (Fsp3) is 0.0968. The van der Waals surface area contributed by atoms with Gasteiger partial charge in [0.25, 0.3) is 11.5 Å². The van der Waals surface area contributed by atoms with E-state index in [1.807, 2.05) is 6.07 Å². The molecule has 40 heavy (non-hydrogen) atoms. The Morgan fingerprint density at radius 3 is 2.50 bits per heavy atom. The zero-order valence-corrected chi connectivity index (χ0v) is 21.2. The van der Waals surface area contributed by atoms with Gasteiger partial charge < -0.3 is 14.8 Å². The van der Waals surface area contributed by atoms with Crippen molar-refractivity contribution in [2.75, 3.05) is 6.79 Å². The van der Waals surface area contributed by atoms with Crippen LogP contribution in [0.5, 0.6) is 11.5 Å². The van der Waals surface area contributed by atoms with Crippen LogP contribution in [0.2, 0.25) is 0 Å². The number of aromatic nitrogens is 2. The Kier molecular flexibility index (Phi) is 6.34. The summed E-state index contributed by atoms with van der Waals surface area (Å²) in [6, 6.07) is 27.8. The molecule has 196 valence electrons. The second-order valence-electron chi connectivity index (χ2n) is 9.22. The molecule has 0 radical (unpaired) electrons. The van der Waals surface area contributed by atoms with Gasteiger partial charge in [0, 0.05) is 12.1 Å². The second kappa shape index (κ2) is 10.3. The van der Waals surface area contributed by atoms with Gasteiger partial charge in [0.15, 0.2) is 11.5 Å². The number of amides is 1. The molecular weight excluding hydrogens is 508 g/mol. The summed E-state index contributed by atoms with van der Waals surface area (Å²) in [6.45, 7) is 0.439. The molecule has 0 spiro atoms. The largest absolute Gasteiger partial charge is 0.454 e. The lowest BCUT2D eigenvalue weighted by molar-refractivity contribution is 0.0951. The number of nitriles is 1. The Hall–Kier alpha value is -5.62. The maximum absolute atomic E-state index is 13.8. The van der Waals surface area contributed by atoms with Crippen LogP contribution in [0, 0.1) is 11.3 Å². The lowest BCUT2D eigenvalue weighted by atomic mass is 10.1. The highest BCUT2D eigenvalue weighted by Crippen LogP contribution is 2.32. The van der Waals surface area contributed by atoms with Crippen molar-refractivity contribution in [2.24, 2.45) is 0 Å². The van der Waals surface area contributed by atoms with Crippen molar-refractivity contribution in [1.82, 2.24) is 14.5 Å². The van der Waals surface area contributed by atoms with Crippen LogP contribution in [0.4, 0.5) is 0 Å². The maximum Gasteiger partial charge on any atom is 0.336 e. The van der Waals surface area contributed by atoms with Gasteiger partial charge in [0.05, 0.1) is 34.8 Å². The molecule has 0 saturated heterocycles. The van der Waals surface area contributed by atoms with E-state index in [4.69, 9.17) is 9.47 Å². The number of rotatable bonds is 6. The molecule has 0 aliphatic carbocycles. The van der Waals surface area contributed by atoms with Crippen LogP contribution >= 0.6 is 0 Å². The van der Waals surface area contributed by atoms with Crippen LogP contribution in [0.25, 0.3) is 16.6 Å². The number of hydrogen-bond donors (Lipinski definition) is 1. The van der Waals surface area contributed by atoms with Crippen molar-refractivity contribution < 1.29 is 14.3 Å². The first-order valence-corrected chi connectivity index (χ1v) is 12.5. The number of nitrogens with one attached hydrogen (secondary N) is 1. The number of hydrogen-bond acceptors (Lipinski definition) is 6. The van der Waals surface area contributed by atoms with Crippen molar-refractivity contribution in [3.8, 4) is 23.3 Å². The average Bonchev–Trinajstić information content (AvgIpc) is 3.46. The van der Waals surface area contributed by atoms with Gasteiger partial charge in [-0.2, -0.15) is 5.26 Å². The Balaban J connectivity index is 1.42. The average molecular weight is 531 g/mol. The van der Waals surface area contributed by atoms with E-state index in [1.54, 1.807) is 78.9 Å². The quantitative estimate of drug-likeness (QED) is 0.358. The van der Waals surface area contributed by atoms with Crippen molar-refractivity contribution in [3.05, 3.63) is 134 Å². The molecule has 0 fully saturated rings. The fourth-order valence-corrected chi connectivity index (χ4v) is 4.74. The Morgan fingerprint density at radius 2 is 1.68 bits per heavy atom. The molecule has 1 aliphatic rings. The van der Waals surface area contributed by atoms with Crippen molar-refractivity contribution >= 4 is 16.8 Å². The molecule has 0 atom stereocenters. The first-order chi connectivity index (χ1) is 19.5. The topological polar surface area (TPSA) is 115 Å². The molecule has 0 saturated carbocycles. The molecule has 1 aromatic heterocycles. The van der Waals surface area contributed by atoms with Gasteiger partial charge in [-0.05, 0) is 59.7 Å². The van der Waals surface area contributed by atoms with Gasteiger partial charge in [-0.1, -0.05) is 42.5 Å². The Labute approximate surface area is 228 Å². The third-order valence-electron chi connectivity index (χ3n) is 6.78. The summed E-state index contributed by atoms with van der Waals surface area (Å²) in [5.41, 5.74) is 1.79. The van der Waals surface area contributed by atoms with Crippen molar-refractivity contribution in [2.45, 2.75) is 13.1 Å². The van der Waals surface area contributed by atoms with Gasteiger partial charge in [-0.25, -0.2) is 9.36 Å². The molecule has 0 unspecified atom stereocenters. The van der Waals surface area contributed by atoms with E-state index < -0.39 is 11.2 Å². The van der Waals surface area contributed by atoms with Crippen LogP contribution < -0.4 is 26.0 Å². The van der Waals surface area contributed by atoms with Gasteiger partial charge in [-0.15, -0.1) is 0 Å². The lowest BCUT2D eigenvalue weighted by Crippen LogP contribution is -2.39. The second-order valence-corrected chi connectivity index (χ2v) is 9.22. The van der Waals surface area contributed by atoms with Gasteiger partial charge in [0.1, 0.15) is 0 Å². The molecule has 4 aromatic carbocycles. The number of carbonyl (C=O) groups is 1. The summed E-state index contributed by atoms with van der Waals surface area (Å²) < 4.78 is 13.3. The number of carbonyl (C=O) groups excluding carboxylic acids is 1. The van der Waals surface area contributed by atoms with Crippen LogP contribution in [-0.2, 0) is 13.1 Å². The SMILES string of the molecule is N#Cc1ccccc1Cn1c(=O)n(-c2ccccc2)c(=O)c2ccc(C(=O)NCc3ccc4c(c3)OCO4)cc21. The first-order valence-electron chi connectivity index (χ1n) is 12.5. The fourth-order valence-electron chi connectivity index (χ4n) is 4.74. The molecule has 9 nitrogen and oxygen atoms in total. The third kappa shape index (κ3) is 4.48. The summed E-state index contributed by atoms with van der Waals surface area (Å²) >= 11 is 0. The molecule has 2 heterocycles. The molecule has 1 N–H and O–H groups in total. The van der Waals surface area contributed by atoms with Gasteiger partial charge >= 0.3 is 5.69 Å². The predicted octanol–water partition coefficient (Wildman–Crippen LogP) is 3.73. The van der Waals surface area contributed by atoms with E-state index >= 15 is 0 Å². The number of para-hydroxylation sites is 1. The minimum Gasteiger partial charge on any atom is -0.454 e. The third-order valence-corrected chi connectivity index (χ3v) is 6.78. The van der Waals surface area contributed by atoms with E-state index in [0.717, 1.165) is 10.1 Å². The molecule has 0 bridgehead atoms. The molecular formula is C31H22N4O5. The Morgan fingerprint density at radius 1 is 0.900 bits per heavy atom. The summed E-state index contributed by atoms with van der Waals surface area (Å²) in [6.07, 6.45) is 0. The highest BCUT2D eigenvalue weighted by Gasteiger charge is 2.18. The highest BCUT2D eigenvalue weighted by atomic mass is 16.7. The van der Waals surface area contributed by atoms with E-state index in [9.17, 15) is 19.6 Å². The smallest absolute Gasteiger partial charge is 0.336 e. The minimum atomic E-state index is -0.575. The minimum absolute atomic E-state index is 0.0362. The number of nitrogens with zero attached hydrogens (tertiary/aromatic N) is 3. The van der Waals surface area contributed by atoms with Crippen molar-refractivity contribution in [1.29, 1.82) is 5.26 Å². The summed E-state index contributed by atoms with van der Waals surface area (Å²) in [7, 11) is 0. The number of fused-ring (bicyclic) bond motifs is 2. The summed E-state index contributed by atoms with van der Waals surface area (Å²) in [5.74, 6) is 0.902. The van der Waals surface area contributed by atoms with E-state index in [-0.39, 0.29) is 36.7 Å². The Bertz CT molecular complexity index is 1940. The molecule has 9 heteroatoms. The van der Waals surface area contributed by atoms with E-state index in [0.29, 0.717) is 33.8 Å². The normalized spacial score (nSPS) is 11.8. The zero-order chi connectivity index (χ0) is 27.6. The van der Waals surface area contributed by atoms with E-state index in [2.05, 4.69) is 11.4 Å². The van der Waals surface area contributed by atoms with Gasteiger partial charge in [-0.3, -0.25) is 14.2 Å². The van der Waals surface area contributed by atoms with Crippen molar-refractivity contribution in [3.63, 3.8) is 0 Å². The monoisotopic (exact) mass is 530 g/mol. The number of benzene rings is 4. The molecule has 5 aromatic rings. The zero-order valence-electron chi connectivity index (χ0n) is 21.2. The van der Waals surface area contributed by atoms with Gasteiger partial charge in [0.2, 0.25) is 6.79 Å². The lowest BCUT2D eigenvalue weighted by Gasteiger charge is -2.16. The van der Waals surface area contributed by atoms with Crippen LogP contribution in [0.1, 0.15) is 27.0 Å². The van der Waals surface area contributed by atoms with Crippen LogP contribution in [0.15, 0.2) is 101 Å². The summed E-state index contributed by atoms with van der Waals surface area (Å²) in [5, 5.41) is 12.8.